The number of carbonyl (C=O) groups is 1. The monoisotopic (exact) mass is 710 g/mol. The molecule has 0 aromatic heterocycles. The van der Waals surface area contributed by atoms with E-state index >= 15 is 0 Å². The molecule has 0 radical (unpaired) electrons. The second-order valence-electron chi connectivity index (χ2n) is 12.4. The summed E-state index contributed by atoms with van der Waals surface area (Å²) in [6, 6.07) is 33.2. The van der Waals surface area contributed by atoms with E-state index in [2.05, 4.69) is 17.1 Å². The number of nitrogens with zero attached hydrogens (tertiary/aromatic N) is 1. The summed E-state index contributed by atoms with van der Waals surface area (Å²) in [6.07, 6.45) is -1.75. The van der Waals surface area contributed by atoms with Gasteiger partial charge in [0.1, 0.15) is 0 Å². The third-order valence-corrected chi connectivity index (χ3v) is 9.55. The van der Waals surface area contributed by atoms with Gasteiger partial charge in [-0.1, -0.05) is 139 Å². The molecule has 4 aromatic rings. The molecular weight excluding hydrogens is 671 g/mol. The Bertz CT molecular complexity index is 1630. The molecule has 0 unspecified atom stereocenters. The molecule has 1 amide bonds. The van der Waals surface area contributed by atoms with Gasteiger partial charge in [0.15, 0.2) is 6.29 Å². The Kier molecular flexibility index (Phi) is 12.2. The minimum absolute atomic E-state index is 0.00573. The van der Waals surface area contributed by atoms with Crippen molar-refractivity contribution in [2.75, 3.05) is 13.6 Å². The molecule has 7 nitrogen and oxygen atoms in total. The fraction of sp³-hybridized carbons (Fsp3) is 0.342. The van der Waals surface area contributed by atoms with Crippen LogP contribution in [0.2, 0.25) is 0 Å². The lowest BCUT2D eigenvalue weighted by Crippen LogP contribution is -2.46. The van der Waals surface area contributed by atoms with E-state index in [0.717, 1.165) is 38.9 Å². The Morgan fingerprint density at radius 1 is 0.875 bits per heavy atom. The van der Waals surface area contributed by atoms with E-state index in [0.29, 0.717) is 6.54 Å². The Hall–Kier alpha value is -2.98. The van der Waals surface area contributed by atoms with E-state index in [1.807, 2.05) is 117 Å². The van der Waals surface area contributed by atoms with Crippen LogP contribution in [0, 0.1) is 5.92 Å². The summed E-state index contributed by atoms with van der Waals surface area (Å²) in [4.78, 5) is 14.1. The maximum absolute atomic E-state index is 12.0. The lowest BCUT2D eigenvalue weighted by Gasteiger charge is -2.43. The number of benzene rings is 4. The highest BCUT2D eigenvalue weighted by atomic mass is 35.6. The molecule has 1 aliphatic rings. The number of aliphatic hydroxyl groups is 2. The molecule has 5 rings (SSSR count). The lowest BCUT2D eigenvalue weighted by molar-refractivity contribution is -0.276. The molecular formula is C38H41Cl3N2O5. The molecule has 1 saturated heterocycles. The Morgan fingerprint density at radius 3 is 2.19 bits per heavy atom. The zero-order valence-electron chi connectivity index (χ0n) is 27.1. The topological polar surface area (TPSA) is 91.3 Å². The molecule has 0 saturated carbocycles. The number of hydrogen-bond acceptors (Lipinski definition) is 6. The van der Waals surface area contributed by atoms with Gasteiger partial charge in [0.2, 0.25) is 0 Å². The first kappa shape index (κ1) is 36.3. The number of carbonyl (C=O) groups excluding carboxylic acids is 1. The van der Waals surface area contributed by atoms with Crippen LogP contribution in [-0.2, 0) is 27.4 Å². The van der Waals surface area contributed by atoms with Crippen molar-refractivity contribution >= 4 is 40.7 Å². The number of likely N-dealkylation sites (N-methyl/N-ethyl adjacent to an activating group) is 1. The van der Waals surface area contributed by atoms with Crippen LogP contribution in [0.15, 0.2) is 103 Å². The fourth-order valence-corrected chi connectivity index (χ4v) is 6.12. The highest BCUT2D eigenvalue weighted by molar-refractivity contribution is 6.76. The van der Waals surface area contributed by atoms with Crippen LogP contribution in [0.1, 0.15) is 60.2 Å². The largest absolute Gasteiger partial charge is 0.392 e. The number of halogens is 3. The molecule has 10 heteroatoms. The van der Waals surface area contributed by atoms with Crippen LogP contribution in [0.3, 0.4) is 0 Å². The predicted molar refractivity (Wildman–Crippen MR) is 190 cm³/mol. The highest BCUT2D eigenvalue weighted by Gasteiger charge is 2.39. The summed E-state index contributed by atoms with van der Waals surface area (Å²) in [5.74, 6) is -0.688. The van der Waals surface area contributed by atoms with Gasteiger partial charge in [0.05, 0.1) is 24.9 Å². The number of ether oxygens (including phenoxy) is 2. The Labute approximate surface area is 297 Å². The second-order valence-corrected chi connectivity index (χ2v) is 14.6. The minimum atomic E-state index is -2.02. The molecule has 1 fully saturated rings. The normalized spacial score (nSPS) is 21.1. The molecule has 0 spiro atoms. The van der Waals surface area contributed by atoms with Crippen LogP contribution < -0.4 is 5.32 Å². The summed E-state index contributed by atoms with van der Waals surface area (Å²) in [7, 11) is 2.01. The van der Waals surface area contributed by atoms with Gasteiger partial charge in [-0.05, 0) is 53.4 Å². The molecule has 0 bridgehead atoms. The third-order valence-electron chi connectivity index (χ3n) is 9.04. The van der Waals surface area contributed by atoms with Gasteiger partial charge in [-0.3, -0.25) is 9.69 Å². The maximum atomic E-state index is 12.0. The van der Waals surface area contributed by atoms with E-state index in [4.69, 9.17) is 44.3 Å². The highest BCUT2D eigenvalue weighted by Crippen LogP contribution is 2.42. The number of alkyl halides is 3. The minimum Gasteiger partial charge on any atom is -0.392 e. The van der Waals surface area contributed by atoms with Crippen molar-refractivity contribution < 1.29 is 24.5 Å². The van der Waals surface area contributed by atoms with Crippen LogP contribution in [0.5, 0.6) is 0 Å². The maximum Gasteiger partial charge on any atom is 0.272 e. The average molecular weight is 712 g/mol. The van der Waals surface area contributed by atoms with Crippen molar-refractivity contribution in [2.24, 2.45) is 5.92 Å². The van der Waals surface area contributed by atoms with Gasteiger partial charge < -0.3 is 25.0 Å². The van der Waals surface area contributed by atoms with Gasteiger partial charge in [0, 0.05) is 30.6 Å². The quantitative estimate of drug-likeness (QED) is 0.138. The van der Waals surface area contributed by atoms with Gasteiger partial charge in [0.25, 0.3) is 9.70 Å². The van der Waals surface area contributed by atoms with Gasteiger partial charge >= 0.3 is 0 Å². The number of rotatable bonds is 11. The first-order valence-corrected chi connectivity index (χ1v) is 17.1. The van der Waals surface area contributed by atoms with Crippen molar-refractivity contribution in [3.05, 3.63) is 131 Å². The summed E-state index contributed by atoms with van der Waals surface area (Å²) in [5.41, 5.74) is 6.40. The van der Waals surface area contributed by atoms with E-state index in [1.54, 1.807) is 0 Å². The zero-order valence-corrected chi connectivity index (χ0v) is 29.4. The fourth-order valence-electron chi connectivity index (χ4n) is 5.92. The number of aliphatic hydroxyl groups excluding tert-OH is 2. The SMILES string of the molecule is C[C@H]1[C@@H](CN(C)[C@H](C)[C@@H](O)c2ccccc2)O[C@@H](c2ccc(-c3cccc(CNC(=O)C(Cl)(Cl)Cl)c3)cc2)O[C@H]1c1ccc(CO)cc1. The Morgan fingerprint density at radius 2 is 1.54 bits per heavy atom. The summed E-state index contributed by atoms with van der Waals surface area (Å²) in [6.45, 7) is 4.92. The zero-order chi connectivity index (χ0) is 34.4. The van der Waals surface area contributed by atoms with Crippen molar-refractivity contribution in [3.8, 4) is 11.1 Å². The first-order valence-electron chi connectivity index (χ1n) is 15.9. The molecule has 254 valence electrons. The van der Waals surface area contributed by atoms with Crippen LogP contribution in [-0.4, -0.2) is 50.6 Å². The summed E-state index contributed by atoms with van der Waals surface area (Å²) < 4.78 is 11.3. The number of nitrogens with one attached hydrogen (secondary N) is 1. The van der Waals surface area contributed by atoms with Crippen LogP contribution in [0.4, 0.5) is 0 Å². The molecule has 3 N–H and O–H groups in total. The average Bonchev–Trinajstić information content (AvgIpc) is 3.11. The van der Waals surface area contributed by atoms with Crippen molar-refractivity contribution in [1.29, 1.82) is 0 Å². The van der Waals surface area contributed by atoms with Crippen molar-refractivity contribution in [3.63, 3.8) is 0 Å². The van der Waals surface area contributed by atoms with Crippen molar-refractivity contribution in [2.45, 2.75) is 61.4 Å². The van der Waals surface area contributed by atoms with Gasteiger partial charge in [-0.25, -0.2) is 0 Å². The summed E-state index contributed by atoms with van der Waals surface area (Å²) >= 11 is 17.0. The Balaban J connectivity index is 1.35. The molecule has 48 heavy (non-hydrogen) atoms. The van der Waals surface area contributed by atoms with Gasteiger partial charge in [-0.15, -0.1) is 0 Å². The van der Waals surface area contributed by atoms with E-state index < -0.39 is 22.1 Å². The smallest absolute Gasteiger partial charge is 0.272 e. The number of amides is 1. The van der Waals surface area contributed by atoms with Crippen LogP contribution >= 0.6 is 34.8 Å². The predicted octanol–water partition coefficient (Wildman–Crippen LogP) is 7.68. The molecule has 0 aliphatic carbocycles. The molecule has 6 atom stereocenters. The molecule has 1 heterocycles. The summed E-state index contributed by atoms with van der Waals surface area (Å²) in [5, 5.41) is 23.4. The van der Waals surface area contributed by atoms with Crippen LogP contribution in [0.25, 0.3) is 11.1 Å². The lowest BCUT2D eigenvalue weighted by atomic mass is 9.89. The van der Waals surface area contributed by atoms with E-state index in [1.165, 1.54) is 0 Å². The first-order chi connectivity index (χ1) is 22.9. The second kappa shape index (κ2) is 16.2. The molecule has 4 aromatic carbocycles. The molecule has 1 aliphatic heterocycles. The van der Waals surface area contributed by atoms with Gasteiger partial charge in [-0.2, -0.15) is 0 Å². The third kappa shape index (κ3) is 8.97. The standard InChI is InChI=1S/C38H41Cl3N2O5/c1-24-33(22-43(3)25(2)34(45)29-9-5-4-6-10-29)47-36(48-35(24)30-14-12-26(23-44)13-15-30)31-18-16-28(17-19-31)32-11-7-8-27(20-32)21-42-37(46)38(39,40)41/h4-20,24-25,33-36,44-45H,21-23H2,1-3H3,(H,42,46)/t24-,25+,33+,34+,35+,36+/m0/s1. The van der Waals surface area contributed by atoms with Crippen molar-refractivity contribution in [1.82, 2.24) is 10.2 Å². The van der Waals surface area contributed by atoms with E-state index in [9.17, 15) is 15.0 Å². The number of hydrogen-bond donors (Lipinski definition) is 3. The van der Waals surface area contributed by atoms with E-state index in [-0.39, 0.29) is 37.3 Å².